The van der Waals surface area contributed by atoms with Gasteiger partial charge >= 0.3 is 0 Å². The van der Waals surface area contributed by atoms with Crippen molar-refractivity contribution in [2.45, 2.75) is 6.92 Å². The zero-order valence-corrected chi connectivity index (χ0v) is 5.89. The molecule has 0 radical (unpaired) electrons. The summed E-state index contributed by atoms with van der Waals surface area (Å²) in [5.41, 5.74) is 1.62. The highest BCUT2D eigenvalue weighted by atomic mass is 19.1. The minimum atomic E-state index is -0.208. The van der Waals surface area contributed by atoms with Gasteiger partial charge in [0.2, 0.25) is 0 Å². The van der Waals surface area contributed by atoms with Crippen LogP contribution in [-0.4, -0.2) is 0 Å². The lowest BCUT2D eigenvalue weighted by Gasteiger charge is -1.96. The molecule has 1 heteroatoms. The van der Waals surface area contributed by atoms with Gasteiger partial charge in [0, 0.05) is 5.56 Å². The minimum absolute atomic E-state index is 0.208. The van der Waals surface area contributed by atoms with Gasteiger partial charge in [0.25, 0.3) is 0 Å². The monoisotopic (exact) mass is 136 g/mol. The van der Waals surface area contributed by atoms with E-state index in [4.69, 9.17) is 0 Å². The topological polar surface area (TPSA) is 0 Å². The molecule has 52 valence electrons. The molecule has 0 spiro atoms. The molecule has 0 aromatic heterocycles. The van der Waals surface area contributed by atoms with E-state index in [2.05, 4.69) is 6.58 Å². The van der Waals surface area contributed by atoms with Crippen molar-refractivity contribution in [2.75, 3.05) is 0 Å². The highest BCUT2D eigenvalue weighted by Crippen LogP contribution is 2.10. The van der Waals surface area contributed by atoms with E-state index in [1.54, 1.807) is 12.1 Å². The van der Waals surface area contributed by atoms with Gasteiger partial charge in [-0.25, -0.2) is 4.39 Å². The van der Waals surface area contributed by atoms with Crippen molar-refractivity contribution < 1.29 is 4.39 Å². The SMILES string of the molecule is C=Cc1cc(C)ccc1F. The van der Waals surface area contributed by atoms with Gasteiger partial charge < -0.3 is 0 Å². The lowest BCUT2D eigenvalue weighted by atomic mass is 10.1. The molecule has 0 saturated carbocycles. The highest BCUT2D eigenvalue weighted by Gasteiger charge is 1.95. The number of halogens is 1. The van der Waals surface area contributed by atoms with Crippen LogP contribution in [0.4, 0.5) is 4.39 Å². The minimum Gasteiger partial charge on any atom is -0.206 e. The summed E-state index contributed by atoms with van der Waals surface area (Å²) >= 11 is 0. The zero-order chi connectivity index (χ0) is 7.56. The Morgan fingerprint density at radius 2 is 2.20 bits per heavy atom. The molecular weight excluding hydrogens is 127 g/mol. The number of hydrogen-bond acceptors (Lipinski definition) is 0. The van der Waals surface area contributed by atoms with Crippen LogP contribution in [0.1, 0.15) is 11.1 Å². The second-order valence-electron chi connectivity index (χ2n) is 2.23. The average Bonchev–Trinajstić information content (AvgIpc) is 1.94. The number of aryl methyl sites for hydroxylation is 1. The van der Waals surface area contributed by atoms with E-state index < -0.39 is 0 Å². The molecule has 0 atom stereocenters. The molecule has 1 aromatic rings. The van der Waals surface area contributed by atoms with Crippen LogP contribution in [0.25, 0.3) is 6.08 Å². The molecular formula is C9H9F. The summed E-state index contributed by atoms with van der Waals surface area (Å²) in [7, 11) is 0. The van der Waals surface area contributed by atoms with Gasteiger partial charge in [0.1, 0.15) is 5.82 Å². The molecule has 0 aliphatic carbocycles. The van der Waals surface area contributed by atoms with Gasteiger partial charge in [-0.05, 0) is 19.1 Å². The van der Waals surface area contributed by atoms with Crippen LogP contribution in [0, 0.1) is 12.7 Å². The molecule has 1 rings (SSSR count). The molecule has 0 amide bonds. The van der Waals surface area contributed by atoms with Crippen LogP contribution in [-0.2, 0) is 0 Å². The predicted octanol–water partition coefficient (Wildman–Crippen LogP) is 2.78. The lowest BCUT2D eigenvalue weighted by Crippen LogP contribution is -1.81. The van der Waals surface area contributed by atoms with Gasteiger partial charge in [-0.1, -0.05) is 24.3 Å². The molecule has 0 heterocycles. The molecule has 10 heavy (non-hydrogen) atoms. The van der Waals surface area contributed by atoms with Gasteiger partial charge in [0.15, 0.2) is 0 Å². The van der Waals surface area contributed by atoms with Gasteiger partial charge in [-0.3, -0.25) is 0 Å². The van der Waals surface area contributed by atoms with E-state index in [0.29, 0.717) is 5.56 Å². The fourth-order valence-electron chi connectivity index (χ4n) is 0.820. The first-order valence-electron chi connectivity index (χ1n) is 3.12. The van der Waals surface area contributed by atoms with Crippen molar-refractivity contribution in [3.63, 3.8) is 0 Å². The summed E-state index contributed by atoms with van der Waals surface area (Å²) in [6.45, 7) is 5.42. The van der Waals surface area contributed by atoms with Crippen molar-refractivity contribution >= 4 is 6.08 Å². The van der Waals surface area contributed by atoms with Gasteiger partial charge in [-0.15, -0.1) is 0 Å². The Kier molecular flexibility index (Phi) is 1.86. The fraction of sp³-hybridized carbons (Fsp3) is 0.111. The first-order chi connectivity index (χ1) is 4.74. The predicted molar refractivity (Wildman–Crippen MR) is 41.2 cm³/mol. The van der Waals surface area contributed by atoms with E-state index in [0.717, 1.165) is 5.56 Å². The normalized spacial score (nSPS) is 9.40. The maximum absolute atomic E-state index is 12.7. The van der Waals surface area contributed by atoms with Crippen LogP contribution >= 0.6 is 0 Å². The summed E-state index contributed by atoms with van der Waals surface area (Å²) < 4.78 is 12.7. The maximum Gasteiger partial charge on any atom is 0.130 e. The second-order valence-corrected chi connectivity index (χ2v) is 2.23. The molecule has 0 aliphatic rings. The molecule has 0 saturated heterocycles. The third kappa shape index (κ3) is 1.24. The van der Waals surface area contributed by atoms with E-state index in [1.165, 1.54) is 12.1 Å². The first-order valence-corrected chi connectivity index (χ1v) is 3.12. The standard InChI is InChI=1S/C9H9F/c1-3-8-6-7(2)4-5-9(8)10/h3-6H,1H2,2H3. The number of rotatable bonds is 1. The van der Waals surface area contributed by atoms with E-state index in [-0.39, 0.29) is 5.82 Å². The molecule has 0 N–H and O–H groups in total. The van der Waals surface area contributed by atoms with Crippen molar-refractivity contribution in [2.24, 2.45) is 0 Å². The third-order valence-corrected chi connectivity index (χ3v) is 1.37. The molecule has 0 aliphatic heterocycles. The smallest absolute Gasteiger partial charge is 0.130 e. The highest BCUT2D eigenvalue weighted by molar-refractivity contribution is 5.48. The van der Waals surface area contributed by atoms with E-state index >= 15 is 0 Å². The quantitative estimate of drug-likeness (QED) is 0.556. The third-order valence-electron chi connectivity index (χ3n) is 1.37. The average molecular weight is 136 g/mol. The van der Waals surface area contributed by atoms with Crippen LogP contribution < -0.4 is 0 Å². The molecule has 0 bridgehead atoms. The molecule has 0 unspecified atom stereocenters. The van der Waals surface area contributed by atoms with Gasteiger partial charge in [-0.2, -0.15) is 0 Å². The first kappa shape index (κ1) is 7.00. The Labute approximate surface area is 60.0 Å². The lowest BCUT2D eigenvalue weighted by molar-refractivity contribution is 0.624. The van der Waals surface area contributed by atoms with Crippen molar-refractivity contribution in [1.29, 1.82) is 0 Å². The summed E-state index contributed by atoms with van der Waals surface area (Å²) in [6, 6.07) is 4.96. The van der Waals surface area contributed by atoms with Crippen LogP contribution in [0.15, 0.2) is 24.8 Å². The molecule has 0 nitrogen and oxygen atoms in total. The summed E-state index contributed by atoms with van der Waals surface area (Å²) in [6.07, 6.45) is 1.52. The maximum atomic E-state index is 12.7. The molecule has 0 fully saturated rings. The Morgan fingerprint density at radius 3 is 2.70 bits per heavy atom. The van der Waals surface area contributed by atoms with Gasteiger partial charge in [0.05, 0.1) is 0 Å². The second kappa shape index (κ2) is 2.65. The Balaban J connectivity index is 3.21. The Morgan fingerprint density at radius 1 is 1.50 bits per heavy atom. The zero-order valence-electron chi connectivity index (χ0n) is 5.89. The Bertz CT molecular complexity index is 251. The fourth-order valence-corrected chi connectivity index (χ4v) is 0.820. The van der Waals surface area contributed by atoms with E-state index in [9.17, 15) is 4.39 Å². The van der Waals surface area contributed by atoms with Crippen LogP contribution in [0.2, 0.25) is 0 Å². The van der Waals surface area contributed by atoms with Crippen LogP contribution in [0.5, 0.6) is 0 Å². The molecule has 1 aromatic carbocycles. The largest absolute Gasteiger partial charge is 0.206 e. The summed E-state index contributed by atoms with van der Waals surface area (Å²) in [5.74, 6) is -0.208. The number of hydrogen-bond donors (Lipinski definition) is 0. The summed E-state index contributed by atoms with van der Waals surface area (Å²) in [4.78, 5) is 0. The van der Waals surface area contributed by atoms with Crippen molar-refractivity contribution in [1.82, 2.24) is 0 Å². The number of benzene rings is 1. The van der Waals surface area contributed by atoms with Crippen LogP contribution in [0.3, 0.4) is 0 Å². The van der Waals surface area contributed by atoms with Crippen molar-refractivity contribution in [3.05, 3.63) is 41.7 Å². The van der Waals surface area contributed by atoms with Crippen molar-refractivity contribution in [3.8, 4) is 0 Å². The Hall–Kier alpha value is -1.11. The summed E-state index contributed by atoms with van der Waals surface area (Å²) in [5, 5.41) is 0. The van der Waals surface area contributed by atoms with E-state index in [1.807, 2.05) is 6.92 Å².